The van der Waals surface area contributed by atoms with Gasteiger partial charge >= 0.3 is 0 Å². The van der Waals surface area contributed by atoms with Gasteiger partial charge in [0.05, 0.1) is 6.54 Å². The molecule has 0 fully saturated rings. The predicted molar refractivity (Wildman–Crippen MR) is 73.7 cm³/mol. The topological polar surface area (TPSA) is 22.0 Å². The van der Waals surface area contributed by atoms with Gasteiger partial charge < -0.3 is 4.57 Å². The molecule has 0 saturated carbocycles. The lowest BCUT2D eigenvalue weighted by molar-refractivity contribution is 0.622. The van der Waals surface area contributed by atoms with Crippen molar-refractivity contribution in [3.63, 3.8) is 0 Å². The molecule has 0 amide bonds. The molecule has 2 rings (SSSR count). The molecule has 88 valence electrons. The van der Waals surface area contributed by atoms with E-state index in [0.717, 1.165) is 14.7 Å². The van der Waals surface area contributed by atoms with E-state index >= 15 is 0 Å². The molecule has 0 radical (unpaired) electrons. The minimum absolute atomic E-state index is 0.0628. The number of aromatic nitrogens is 1. The van der Waals surface area contributed by atoms with E-state index in [1.807, 2.05) is 13.0 Å². The molecule has 2 nitrogen and oxygen atoms in total. The van der Waals surface area contributed by atoms with Gasteiger partial charge in [0.2, 0.25) is 0 Å². The third-order valence-corrected chi connectivity index (χ3v) is 3.64. The highest BCUT2D eigenvalue weighted by molar-refractivity contribution is 14.1. The number of halogens is 2. The molecule has 0 unspecified atom stereocenters. The molecule has 2 aromatic rings. The van der Waals surface area contributed by atoms with Crippen LogP contribution in [0.3, 0.4) is 0 Å². The summed E-state index contributed by atoms with van der Waals surface area (Å²) < 4.78 is 15.6. The van der Waals surface area contributed by atoms with E-state index in [1.165, 1.54) is 12.1 Å². The lowest BCUT2D eigenvalue weighted by Gasteiger charge is -2.07. The van der Waals surface area contributed by atoms with Gasteiger partial charge in [-0.1, -0.05) is 12.1 Å². The number of rotatable bonds is 2. The molecule has 0 spiro atoms. The molecule has 0 N–H and O–H groups in total. The molecule has 1 aromatic carbocycles. The van der Waals surface area contributed by atoms with E-state index in [0.29, 0.717) is 6.54 Å². The van der Waals surface area contributed by atoms with Gasteiger partial charge in [-0.05, 0) is 52.8 Å². The maximum Gasteiger partial charge on any atom is 0.251 e. The standard InChI is InChI=1S/C13H11FINO/c1-9-5-13(17)16(8-12(9)15)7-10-3-2-4-11(14)6-10/h2-6,8H,7H2,1H3. The lowest BCUT2D eigenvalue weighted by Crippen LogP contribution is -2.20. The monoisotopic (exact) mass is 343 g/mol. The van der Waals surface area contributed by atoms with Crippen molar-refractivity contribution in [3.05, 3.63) is 67.4 Å². The molecule has 0 saturated heterocycles. The SMILES string of the molecule is Cc1cc(=O)n(Cc2cccc(F)c2)cc1I. The number of benzene rings is 1. The van der Waals surface area contributed by atoms with Crippen LogP contribution in [0, 0.1) is 16.3 Å². The lowest BCUT2D eigenvalue weighted by atomic mass is 10.2. The normalized spacial score (nSPS) is 10.5. The van der Waals surface area contributed by atoms with Crippen molar-refractivity contribution in [2.75, 3.05) is 0 Å². The quantitative estimate of drug-likeness (QED) is 0.769. The van der Waals surface area contributed by atoms with Crippen molar-refractivity contribution in [3.8, 4) is 0 Å². The van der Waals surface area contributed by atoms with Crippen molar-refractivity contribution < 1.29 is 4.39 Å². The minimum Gasteiger partial charge on any atom is -0.310 e. The van der Waals surface area contributed by atoms with Gasteiger partial charge in [0.1, 0.15) is 5.82 Å². The first-order chi connectivity index (χ1) is 8.06. The summed E-state index contributed by atoms with van der Waals surface area (Å²) in [5, 5.41) is 0. The third kappa shape index (κ3) is 2.94. The first-order valence-corrected chi connectivity index (χ1v) is 6.25. The largest absolute Gasteiger partial charge is 0.310 e. The van der Waals surface area contributed by atoms with E-state index in [2.05, 4.69) is 22.6 Å². The highest BCUT2D eigenvalue weighted by atomic mass is 127. The number of nitrogens with zero attached hydrogens (tertiary/aromatic N) is 1. The number of aryl methyl sites for hydroxylation is 1. The Morgan fingerprint density at radius 2 is 2.12 bits per heavy atom. The highest BCUT2D eigenvalue weighted by Gasteiger charge is 2.02. The van der Waals surface area contributed by atoms with Crippen molar-refractivity contribution in [1.29, 1.82) is 0 Å². The van der Waals surface area contributed by atoms with E-state index in [-0.39, 0.29) is 11.4 Å². The van der Waals surface area contributed by atoms with Crippen LogP contribution in [0.15, 0.2) is 41.3 Å². The van der Waals surface area contributed by atoms with Gasteiger partial charge in [0.15, 0.2) is 0 Å². The fraction of sp³-hybridized carbons (Fsp3) is 0.154. The summed E-state index contributed by atoms with van der Waals surface area (Å²) >= 11 is 2.18. The van der Waals surface area contributed by atoms with E-state index < -0.39 is 0 Å². The Balaban J connectivity index is 2.37. The molecule has 0 aliphatic rings. The molecule has 0 aliphatic carbocycles. The summed E-state index contributed by atoms with van der Waals surface area (Å²) in [6.07, 6.45) is 1.79. The van der Waals surface area contributed by atoms with Crippen LogP contribution in [-0.2, 0) is 6.54 Å². The molecular formula is C13H11FINO. The Morgan fingerprint density at radius 1 is 1.35 bits per heavy atom. The van der Waals surface area contributed by atoms with Gasteiger partial charge in [0, 0.05) is 15.8 Å². The average molecular weight is 343 g/mol. The van der Waals surface area contributed by atoms with Crippen LogP contribution in [0.25, 0.3) is 0 Å². The summed E-state index contributed by atoms with van der Waals surface area (Å²) in [7, 11) is 0. The zero-order chi connectivity index (χ0) is 12.4. The number of pyridine rings is 1. The third-order valence-electron chi connectivity index (χ3n) is 2.51. The average Bonchev–Trinajstić information content (AvgIpc) is 2.26. The predicted octanol–water partition coefficient (Wildman–Crippen LogP) is 2.95. The van der Waals surface area contributed by atoms with Gasteiger partial charge in [-0.3, -0.25) is 4.79 Å². The van der Waals surface area contributed by atoms with Crippen molar-refractivity contribution in [2.45, 2.75) is 13.5 Å². The Morgan fingerprint density at radius 3 is 2.82 bits per heavy atom. The van der Waals surface area contributed by atoms with Crippen LogP contribution in [0.1, 0.15) is 11.1 Å². The van der Waals surface area contributed by atoms with E-state index in [4.69, 9.17) is 0 Å². The van der Waals surface area contributed by atoms with Gasteiger partial charge in [-0.2, -0.15) is 0 Å². The molecule has 0 bridgehead atoms. The highest BCUT2D eigenvalue weighted by Crippen LogP contribution is 2.09. The molecule has 17 heavy (non-hydrogen) atoms. The summed E-state index contributed by atoms with van der Waals surface area (Å²) in [6.45, 7) is 2.29. The van der Waals surface area contributed by atoms with E-state index in [9.17, 15) is 9.18 Å². The Kier molecular flexibility index (Phi) is 3.61. The van der Waals surface area contributed by atoms with Crippen LogP contribution in [0.5, 0.6) is 0 Å². The number of hydrogen-bond acceptors (Lipinski definition) is 1. The molecule has 1 aromatic heterocycles. The van der Waals surface area contributed by atoms with Gasteiger partial charge in [-0.15, -0.1) is 0 Å². The summed E-state index contributed by atoms with van der Waals surface area (Å²) in [6, 6.07) is 7.89. The zero-order valence-electron chi connectivity index (χ0n) is 9.28. The van der Waals surface area contributed by atoms with Crippen LogP contribution in [-0.4, -0.2) is 4.57 Å². The zero-order valence-corrected chi connectivity index (χ0v) is 11.4. The van der Waals surface area contributed by atoms with Gasteiger partial charge in [0.25, 0.3) is 5.56 Å². The summed E-state index contributed by atoms with van der Waals surface area (Å²) in [4.78, 5) is 11.7. The van der Waals surface area contributed by atoms with Crippen LogP contribution < -0.4 is 5.56 Å². The second-order valence-electron chi connectivity index (χ2n) is 3.90. The van der Waals surface area contributed by atoms with Crippen LogP contribution >= 0.6 is 22.6 Å². The van der Waals surface area contributed by atoms with Crippen LogP contribution in [0.4, 0.5) is 4.39 Å². The Labute approximate surface area is 112 Å². The second-order valence-corrected chi connectivity index (χ2v) is 5.06. The fourth-order valence-corrected chi connectivity index (χ4v) is 2.09. The smallest absolute Gasteiger partial charge is 0.251 e. The van der Waals surface area contributed by atoms with Crippen molar-refractivity contribution in [2.24, 2.45) is 0 Å². The Bertz CT molecular complexity index is 607. The molecular weight excluding hydrogens is 332 g/mol. The van der Waals surface area contributed by atoms with Crippen LogP contribution in [0.2, 0.25) is 0 Å². The maximum absolute atomic E-state index is 13.0. The van der Waals surface area contributed by atoms with Crippen molar-refractivity contribution in [1.82, 2.24) is 4.57 Å². The van der Waals surface area contributed by atoms with E-state index in [1.54, 1.807) is 22.9 Å². The molecule has 0 aliphatic heterocycles. The second kappa shape index (κ2) is 5.00. The Hall–Kier alpha value is -1.17. The minimum atomic E-state index is -0.280. The van der Waals surface area contributed by atoms with Crippen molar-refractivity contribution >= 4 is 22.6 Å². The number of hydrogen-bond donors (Lipinski definition) is 0. The first kappa shape index (κ1) is 12.3. The fourth-order valence-electron chi connectivity index (χ4n) is 1.59. The molecule has 1 heterocycles. The molecule has 0 atom stereocenters. The first-order valence-electron chi connectivity index (χ1n) is 5.17. The summed E-state index contributed by atoms with van der Waals surface area (Å²) in [5.74, 6) is -0.280. The van der Waals surface area contributed by atoms with Gasteiger partial charge in [-0.25, -0.2) is 4.39 Å². The summed E-state index contributed by atoms with van der Waals surface area (Å²) in [5.41, 5.74) is 1.69. The molecule has 4 heteroatoms. The maximum atomic E-state index is 13.0.